The summed E-state index contributed by atoms with van der Waals surface area (Å²) in [6.45, 7) is 7.00. The molecule has 0 radical (unpaired) electrons. The van der Waals surface area contributed by atoms with E-state index in [0.717, 1.165) is 41.0 Å². The van der Waals surface area contributed by atoms with Crippen LogP contribution in [0.3, 0.4) is 0 Å². The molecule has 0 aliphatic carbocycles. The fourth-order valence-electron chi connectivity index (χ4n) is 2.42. The standard InChI is InChI=1S/C21H28BrN3O2/c1-6-25(4)14-23-20-13-19(22)21(24-16(20)3)27-15(2)7-8-17-9-11-18(26-5)12-10-17/h9-15H,6-8H2,1-5H3. The third-order valence-corrected chi connectivity index (χ3v) is 4.88. The predicted octanol–water partition coefficient (Wildman–Crippen LogP) is 5.17. The number of methoxy groups -OCH3 is 1. The Bertz CT molecular complexity index is 763. The molecule has 1 atom stereocenters. The lowest BCUT2D eigenvalue weighted by atomic mass is 10.1. The first-order chi connectivity index (χ1) is 12.9. The van der Waals surface area contributed by atoms with Crippen molar-refractivity contribution in [2.75, 3.05) is 20.7 Å². The van der Waals surface area contributed by atoms with Gasteiger partial charge in [-0.05, 0) is 73.3 Å². The molecule has 1 unspecified atom stereocenters. The van der Waals surface area contributed by atoms with Gasteiger partial charge in [0.15, 0.2) is 0 Å². The van der Waals surface area contributed by atoms with Crippen LogP contribution in [0.2, 0.25) is 0 Å². The summed E-state index contributed by atoms with van der Waals surface area (Å²) in [7, 11) is 3.67. The molecule has 0 amide bonds. The van der Waals surface area contributed by atoms with Crippen LogP contribution < -0.4 is 9.47 Å². The topological polar surface area (TPSA) is 47.0 Å². The molecular weight excluding hydrogens is 406 g/mol. The minimum Gasteiger partial charge on any atom is -0.497 e. The van der Waals surface area contributed by atoms with Crippen LogP contribution in [-0.2, 0) is 6.42 Å². The Morgan fingerprint density at radius 1 is 1.30 bits per heavy atom. The van der Waals surface area contributed by atoms with Crippen molar-refractivity contribution in [2.45, 2.75) is 39.7 Å². The maximum atomic E-state index is 6.05. The highest BCUT2D eigenvalue weighted by atomic mass is 79.9. The SMILES string of the molecule is CCN(C)C=Nc1cc(Br)c(OC(C)CCc2ccc(OC)cc2)nc1C. The van der Waals surface area contributed by atoms with Crippen LogP contribution in [0.4, 0.5) is 5.69 Å². The number of hydrogen-bond donors (Lipinski definition) is 0. The van der Waals surface area contributed by atoms with Crippen LogP contribution in [0.25, 0.3) is 0 Å². The molecule has 0 aliphatic heterocycles. The molecule has 0 N–H and O–H groups in total. The maximum Gasteiger partial charge on any atom is 0.228 e. The summed E-state index contributed by atoms with van der Waals surface area (Å²) in [4.78, 5) is 11.1. The number of benzene rings is 1. The van der Waals surface area contributed by atoms with Gasteiger partial charge >= 0.3 is 0 Å². The molecule has 0 fully saturated rings. The predicted molar refractivity (Wildman–Crippen MR) is 115 cm³/mol. The average molecular weight is 434 g/mol. The van der Waals surface area contributed by atoms with Gasteiger partial charge in [-0.1, -0.05) is 12.1 Å². The molecule has 146 valence electrons. The quantitative estimate of drug-likeness (QED) is 0.404. The van der Waals surface area contributed by atoms with E-state index < -0.39 is 0 Å². The Morgan fingerprint density at radius 3 is 2.63 bits per heavy atom. The van der Waals surface area contributed by atoms with Gasteiger partial charge in [0.05, 0.1) is 35.4 Å². The van der Waals surface area contributed by atoms with Crippen LogP contribution in [-0.4, -0.2) is 43.0 Å². The second kappa shape index (κ2) is 10.3. The molecule has 1 aromatic carbocycles. The second-order valence-electron chi connectivity index (χ2n) is 6.51. The molecule has 0 bridgehead atoms. The van der Waals surface area contributed by atoms with Crippen molar-refractivity contribution in [1.29, 1.82) is 0 Å². The Kier molecular flexibility index (Phi) is 8.10. The largest absolute Gasteiger partial charge is 0.497 e. The van der Waals surface area contributed by atoms with Gasteiger partial charge in [0.25, 0.3) is 0 Å². The highest BCUT2D eigenvalue weighted by Gasteiger charge is 2.12. The summed E-state index contributed by atoms with van der Waals surface area (Å²) < 4.78 is 12.1. The number of halogens is 1. The zero-order valence-corrected chi connectivity index (χ0v) is 18.3. The Morgan fingerprint density at radius 2 is 2.00 bits per heavy atom. The van der Waals surface area contributed by atoms with E-state index in [-0.39, 0.29) is 6.10 Å². The van der Waals surface area contributed by atoms with Crippen LogP contribution in [0, 0.1) is 6.92 Å². The van der Waals surface area contributed by atoms with Crippen LogP contribution in [0.1, 0.15) is 31.5 Å². The molecular formula is C21H28BrN3O2. The second-order valence-corrected chi connectivity index (χ2v) is 7.37. The Balaban J connectivity index is 1.97. The third kappa shape index (κ3) is 6.54. The smallest absolute Gasteiger partial charge is 0.228 e. The number of nitrogens with zero attached hydrogens (tertiary/aromatic N) is 3. The van der Waals surface area contributed by atoms with E-state index in [4.69, 9.17) is 9.47 Å². The summed E-state index contributed by atoms with van der Waals surface area (Å²) in [6.07, 6.45) is 3.71. The summed E-state index contributed by atoms with van der Waals surface area (Å²) in [5.41, 5.74) is 2.94. The number of aromatic nitrogens is 1. The van der Waals surface area contributed by atoms with Gasteiger partial charge in [0, 0.05) is 13.6 Å². The molecule has 0 aliphatic rings. The number of hydrogen-bond acceptors (Lipinski definition) is 4. The number of ether oxygens (including phenoxy) is 2. The van der Waals surface area contributed by atoms with Crippen LogP contribution in [0.5, 0.6) is 11.6 Å². The van der Waals surface area contributed by atoms with Crippen molar-refractivity contribution in [3.8, 4) is 11.6 Å². The first kappa shape index (κ1) is 21.2. The number of aliphatic imine (C=N–C) groups is 1. The van der Waals surface area contributed by atoms with E-state index >= 15 is 0 Å². The molecule has 0 saturated heterocycles. The minimum absolute atomic E-state index is 0.0517. The fourth-order valence-corrected chi connectivity index (χ4v) is 2.82. The molecule has 1 aromatic heterocycles. The summed E-state index contributed by atoms with van der Waals surface area (Å²) in [6, 6.07) is 10.1. The molecule has 5 nitrogen and oxygen atoms in total. The zero-order chi connectivity index (χ0) is 19.8. The van der Waals surface area contributed by atoms with Crippen molar-refractivity contribution in [1.82, 2.24) is 9.88 Å². The number of aryl methyl sites for hydroxylation is 2. The minimum atomic E-state index is 0.0517. The summed E-state index contributed by atoms with van der Waals surface area (Å²) in [5.74, 6) is 1.48. The summed E-state index contributed by atoms with van der Waals surface area (Å²) >= 11 is 3.56. The van der Waals surface area contributed by atoms with E-state index in [2.05, 4.69) is 51.9 Å². The Labute approximate surface area is 170 Å². The van der Waals surface area contributed by atoms with E-state index in [1.54, 1.807) is 7.11 Å². The van der Waals surface area contributed by atoms with Crippen molar-refractivity contribution < 1.29 is 9.47 Å². The van der Waals surface area contributed by atoms with Crippen LogP contribution in [0.15, 0.2) is 39.8 Å². The molecule has 6 heteroatoms. The van der Waals surface area contributed by atoms with Crippen molar-refractivity contribution in [3.63, 3.8) is 0 Å². The molecule has 0 spiro atoms. The van der Waals surface area contributed by atoms with E-state index in [0.29, 0.717) is 5.88 Å². The van der Waals surface area contributed by atoms with Gasteiger partial charge in [-0.2, -0.15) is 0 Å². The lowest BCUT2D eigenvalue weighted by molar-refractivity contribution is 0.201. The molecule has 2 rings (SSSR count). The normalized spacial score (nSPS) is 12.2. The average Bonchev–Trinajstić information content (AvgIpc) is 2.67. The molecule has 0 saturated carbocycles. The first-order valence-electron chi connectivity index (χ1n) is 9.14. The zero-order valence-electron chi connectivity index (χ0n) is 16.7. The monoisotopic (exact) mass is 433 g/mol. The summed E-state index contributed by atoms with van der Waals surface area (Å²) in [5, 5.41) is 0. The van der Waals surface area contributed by atoms with Crippen molar-refractivity contribution in [2.24, 2.45) is 4.99 Å². The van der Waals surface area contributed by atoms with Crippen molar-refractivity contribution in [3.05, 3.63) is 46.1 Å². The lowest BCUT2D eigenvalue weighted by Gasteiger charge is -2.16. The first-order valence-corrected chi connectivity index (χ1v) is 9.93. The highest BCUT2D eigenvalue weighted by Crippen LogP contribution is 2.30. The molecule has 1 heterocycles. The van der Waals surface area contributed by atoms with E-state index in [1.807, 2.05) is 43.4 Å². The van der Waals surface area contributed by atoms with Gasteiger partial charge in [0.2, 0.25) is 5.88 Å². The van der Waals surface area contributed by atoms with Crippen molar-refractivity contribution >= 4 is 28.0 Å². The van der Waals surface area contributed by atoms with Gasteiger partial charge in [0.1, 0.15) is 5.75 Å². The van der Waals surface area contributed by atoms with Crippen LogP contribution >= 0.6 is 15.9 Å². The lowest BCUT2D eigenvalue weighted by Crippen LogP contribution is -2.15. The number of pyridine rings is 1. The molecule has 27 heavy (non-hydrogen) atoms. The fraction of sp³-hybridized carbons (Fsp3) is 0.429. The molecule has 2 aromatic rings. The van der Waals surface area contributed by atoms with Gasteiger partial charge < -0.3 is 14.4 Å². The van der Waals surface area contributed by atoms with Gasteiger partial charge in [-0.25, -0.2) is 9.98 Å². The highest BCUT2D eigenvalue weighted by molar-refractivity contribution is 9.10. The van der Waals surface area contributed by atoms with Gasteiger partial charge in [-0.3, -0.25) is 0 Å². The Hall–Kier alpha value is -2.08. The van der Waals surface area contributed by atoms with Gasteiger partial charge in [-0.15, -0.1) is 0 Å². The third-order valence-electron chi connectivity index (χ3n) is 4.31. The van der Waals surface area contributed by atoms with E-state index in [1.165, 1.54) is 5.56 Å². The van der Waals surface area contributed by atoms with E-state index in [9.17, 15) is 0 Å². The number of rotatable bonds is 9. The maximum absolute atomic E-state index is 6.05.